The zero-order valence-electron chi connectivity index (χ0n) is 11.5. The smallest absolute Gasteiger partial charge is 0.240 e. The summed E-state index contributed by atoms with van der Waals surface area (Å²) in [4.78, 5) is 16.4. The van der Waals surface area contributed by atoms with Gasteiger partial charge in [-0.2, -0.15) is 0 Å². The van der Waals surface area contributed by atoms with E-state index < -0.39 is 0 Å². The van der Waals surface area contributed by atoms with Crippen LogP contribution in [-0.4, -0.2) is 42.9 Å². The maximum absolute atomic E-state index is 12.9. The first-order chi connectivity index (χ1) is 9.77. The number of hydrogen-bond donors (Lipinski definition) is 0. The van der Waals surface area contributed by atoms with E-state index in [-0.39, 0.29) is 10.7 Å². The Morgan fingerprint density at radius 3 is 3.25 bits per heavy atom. The van der Waals surface area contributed by atoms with Crippen LogP contribution in [-0.2, 0) is 16.0 Å². The molecule has 0 aromatic carbocycles. The molecule has 3 aliphatic rings. The van der Waals surface area contributed by atoms with Crippen molar-refractivity contribution in [2.24, 2.45) is 5.41 Å². The summed E-state index contributed by atoms with van der Waals surface area (Å²) in [5.74, 6) is 1.41. The summed E-state index contributed by atoms with van der Waals surface area (Å²) in [6.45, 7) is 3.54. The Morgan fingerprint density at radius 1 is 1.45 bits per heavy atom. The van der Waals surface area contributed by atoms with Crippen molar-refractivity contribution in [2.75, 3.05) is 32.1 Å². The van der Waals surface area contributed by atoms with Gasteiger partial charge in [-0.1, -0.05) is 0 Å². The van der Waals surface area contributed by atoms with Gasteiger partial charge in [-0.05, 0) is 42.0 Å². The number of nitrogens with zero attached hydrogens (tertiary/aromatic N) is 1. The van der Waals surface area contributed by atoms with Gasteiger partial charge in [0.15, 0.2) is 0 Å². The van der Waals surface area contributed by atoms with E-state index >= 15 is 0 Å². The Morgan fingerprint density at radius 2 is 2.40 bits per heavy atom. The van der Waals surface area contributed by atoms with Gasteiger partial charge < -0.3 is 9.64 Å². The minimum absolute atomic E-state index is 0.0440. The minimum atomic E-state index is 0.0440. The third-order valence-electron chi connectivity index (χ3n) is 4.84. The lowest BCUT2D eigenvalue weighted by Gasteiger charge is -2.27. The predicted molar refractivity (Wildman–Crippen MR) is 82.3 cm³/mol. The lowest BCUT2D eigenvalue weighted by Crippen LogP contribution is -2.35. The highest BCUT2D eigenvalue weighted by atomic mass is 32.2. The molecule has 0 unspecified atom stereocenters. The monoisotopic (exact) mass is 309 g/mol. The molecule has 0 saturated carbocycles. The largest absolute Gasteiger partial charge is 0.381 e. The highest BCUT2D eigenvalue weighted by Crippen LogP contribution is 2.43. The summed E-state index contributed by atoms with van der Waals surface area (Å²) >= 11 is 3.62. The highest BCUT2D eigenvalue weighted by molar-refractivity contribution is 8.00. The van der Waals surface area contributed by atoms with E-state index in [1.54, 1.807) is 11.3 Å². The van der Waals surface area contributed by atoms with Crippen molar-refractivity contribution in [1.82, 2.24) is 4.90 Å². The second-order valence-corrected chi connectivity index (χ2v) is 8.33. The fourth-order valence-corrected chi connectivity index (χ4v) is 5.99. The van der Waals surface area contributed by atoms with Crippen LogP contribution in [0.5, 0.6) is 0 Å². The highest BCUT2D eigenvalue weighted by Gasteiger charge is 2.44. The molecule has 4 rings (SSSR count). The molecule has 5 heteroatoms. The summed E-state index contributed by atoms with van der Waals surface area (Å²) in [7, 11) is 0. The summed E-state index contributed by atoms with van der Waals surface area (Å²) in [6.07, 6.45) is 3.37. The molecule has 1 amide bonds. The molecule has 0 N–H and O–H groups in total. The van der Waals surface area contributed by atoms with Crippen LogP contribution in [0.25, 0.3) is 0 Å². The quantitative estimate of drug-likeness (QED) is 0.799. The molecule has 3 aliphatic heterocycles. The van der Waals surface area contributed by atoms with Crippen molar-refractivity contribution in [1.29, 1.82) is 0 Å². The molecule has 2 atom stereocenters. The number of ether oxygens (including phenoxy) is 1. The standard InChI is InChI=1S/C15H19NO2S2/c17-14(13-11-1-7-19-12(11)2-8-20-13)16-5-3-15(9-16)4-6-18-10-15/h1,7,13H,2-6,8-10H2/t13-,15-/m1/s1. The van der Waals surface area contributed by atoms with Crippen molar-refractivity contribution >= 4 is 29.0 Å². The minimum Gasteiger partial charge on any atom is -0.381 e. The Bertz CT molecular complexity index is 522. The Hall–Kier alpha value is -0.520. The van der Waals surface area contributed by atoms with Gasteiger partial charge in [-0.3, -0.25) is 4.79 Å². The lowest BCUT2D eigenvalue weighted by atomic mass is 9.87. The molecule has 4 heterocycles. The van der Waals surface area contributed by atoms with Crippen LogP contribution < -0.4 is 0 Å². The van der Waals surface area contributed by atoms with Crippen LogP contribution in [0, 0.1) is 5.41 Å². The SMILES string of the molecule is O=C([C@@H]1SCCc2sccc21)N1CC[C@@]2(CCOC2)C1. The van der Waals surface area contributed by atoms with Gasteiger partial charge in [0.2, 0.25) is 5.91 Å². The number of likely N-dealkylation sites (tertiary alicyclic amines) is 1. The molecule has 0 aliphatic carbocycles. The van der Waals surface area contributed by atoms with E-state index in [9.17, 15) is 4.79 Å². The van der Waals surface area contributed by atoms with E-state index in [1.165, 1.54) is 10.4 Å². The molecule has 3 nitrogen and oxygen atoms in total. The topological polar surface area (TPSA) is 29.5 Å². The molecular formula is C15H19NO2S2. The number of carbonyl (C=O) groups excluding carboxylic acids is 1. The van der Waals surface area contributed by atoms with Gasteiger partial charge in [-0.15, -0.1) is 23.1 Å². The molecule has 1 aromatic heterocycles. The van der Waals surface area contributed by atoms with Gasteiger partial charge in [0.25, 0.3) is 0 Å². The van der Waals surface area contributed by atoms with E-state index in [0.29, 0.717) is 5.91 Å². The number of amides is 1. The number of carbonyl (C=O) groups is 1. The van der Waals surface area contributed by atoms with Crippen molar-refractivity contribution in [2.45, 2.75) is 24.5 Å². The molecule has 1 aromatic rings. The lowest BCUT2D eigenvalue weighted by molar-refractivity contribution is -0.130. The Labute approximate surface area is 127 Å². The molecule has 0 bridgehead atoms. The van der Waals surface area contributed by atoms with Crippen LogP contribution in [0.3, 0.4) is 0 Å². The Balaban J connectivity index is 1.52. The first-order valence-electron chi connectivity index (χ1n) is 7.32. The van der Waals surface area contributed by atoms with Gasteiger partial charge in [0.05, 0.1) is 6.61 Å². The van der Waals surface area contributed by atoms with Crippen molar-refractivity contribution in [3.8, 4) is 0 Å². The van der Waals surface area contributed by atoms with E-state index in [1.807, 2.05) is 11.8 Å². The zero-order valence-corrected chi connectivity index (χ0v) is 13.1. The third-order valence-corrected chi connectivity index (χ3v) is 7.06. The first-order valence-corrected chi connectivity index (χ1v) is 9.25. The summed E-state index contributed by atoms with van der Waals surface area (Å²) in [5, 5.41) is 2.18. The summed E-state index contributed by atoms with van der Waals surface area (Å²) in [5.41, 5.74) is 1.55. The molecule has 108 valence electrons. The van der Waals surface area contributed by atoms with Gasteiger partial charge >= 0.3 is 0 Å². The van der Waals surface area contributed by atoms with Crippen LogP contribution in [0.4, 0.5) is 0 Å². The van der Waals surface area contributed by atoms with E-state index in [4.69, 9.17) is 4.74 Å². The first kappa shape index (κ1) is 13.2. The van der Waals surface area contributed by atoms with E-state index in [0.717, 1.165) is 51.3 Å². The van der Waals surface area contributed by atoms with Crippen molar-refractivity contribution in [3.05, 3.63) is 21.9 Å². The van der Waals surface area contributed by atoms with Crippen molar-refractivity contribution < 1.29 is 9.53 Å². The number of thioether (sulfide) groups is 1. The summed E-state index contributed by atoms with van der Waals surface area (Å²) in [6, 6.07) is 2.15. The zero-order chi connectivity index (χ0) is 13.6. The molecule has 1 spiro atoms. The summed E-state index contributed by atoms with van der Waals surface area (Å²) < 4.78 is 5.56. The molecular weight excluding hydrogens is 290 g/mol. The average Bonchev–Trinajstić information content (AvgIpc) is 3.19. The maximum atomic E-state index is 12.9. The molecule has 0 radical (unpaired) electrons. The van der Waals surface area contributed by atoms with Gasteiger partial charge in [-0.25, -0.2) is 0 Å². The number of rotatable bonds is 1. The van der Waals surface area contributed by atoms with Crippen molar-refractivity contribution in [3.63, 3.8) is 0 Å². The maximum Gasteiger partial charge on any atom is 0.240 e. The number of thiophene rings is 1. The van der Waals surface area contributed by atoms with Gasteiger partial charge in [0, 0.05) is 30.0 Å². The Kier molecular flexibility index (Phi) is 3.32. The van der Waals surface area contributed by atoms with Gasteiger partial charge in [0.1, 0.15) is 5.25 Å². The number of aryl methyl sites for hydroxylation is 1. The molecule has 2 saturated heterocycles. The average molecular weight is 309 g/mol. The molecule has 2 fully saturated rings. The van der Waals surface area contributed by atoms with Crippen LogP contribution >= 0.6 is 23.1 Å². The second kappa shape index (κ2) is 5.04. The molecule has 20 heavy (non-hydrogen) atoms. The predicted octanol–water partition coefficient (Wildman–Crippen LogP) is 2.72. The van der Waals surface area contributed by atoms with Crippen LogP contribution in [0.1, 0.15) is 28.5 Å². The van der Waals surface area contributed by atoms with Crippen LogP contribution in [0.2, 0.25) is 0 Å². The fourth-order valence-electron chi connectivity index (χ4n) is 3.61. The van der Waals surface area contributed by atoms with E-state index in [2.05, 4.69) is 16.3 Å². The third kappa shape index (κ3) is 2.11. The number of hydrogen-bond acceptors (Lipinski definition) is 4. The normalized spacial score (nSPS) is 32.8. The fraction of sp³-hybridized carbons (Fsp3) is 0.667. The second-order valence-electron chi connectivity index (χ2n) is 6.11. The van der Waals surface area contributed by atoms with Crippen LogP contribution in [0.15, 0.2) is 11.4 Å². The number of fused-ring (bicyclic) bond motifs is 1.